The monoisotopic (exact) mass is 264 g/mol. The third-order valence-electron chi connectivity index (χ3n) is 2.27. The number of hydrogen-bond donors (Lipinski definition) is 2. The minimum Gasteiger partial charge on any atom is -0.491 e. The smallest absolute Gasteiger partial charge is 0.251 e. The molecule has 0 heterocycles. The van der Waals surface area contributed by atoms with Crippen molar-refractivity contribution in [2.24, 2.45) is 0 Å². The van der Waals surface area contributed by atoms with Gasteiger partial charge in [-0.05, 0) is 38.1 Å². The van der Waals surface area contributed by atoms with Crippen LogP contribution in [-0.4, -0.2) is 31.0 Å². The zero-order valence-electron chi connectivity index (χ0n) is 11.5. The number of carbonyl (C=O) groups excluding carboxylic acids is 2. The summed E-state index contributed by atoms with van der Waals surface area (Å²) in [6.45, 7) is 6.17. The molecule has 19 heavy (non-hydrogen) atoms. The number of carbonyl (C=O) groups is 2. The van der Waals surface area contributed by atoms with Crippen LogP contribution >= 0.6 is 0 Å². The van der Waals surface area contributed by atoms with Gasteiger partial charge in [0.05, 0.1) is 6.10 Å². The van der Waals surface area contributed by atoms with Crippen LogP contribution in [0.25, 0.3) is 0 Å². The van der Waals surface area contributed by atoms with Crippen molar-refractivity contribution >= 4 is 11.8 Å². The van der Waals surface area contributed by atoms with Crippen molar-refractivity contribution in [1.82, 2.24) is 10.6 Å². The first-order chi connectivity index (χ1) is 8.99. The largest absolute Gasteiger partial charge is 0.491 e. The van der Waals surface area contributed by atoms with Crippen molar-refractivity contribution in [1.29, 1.82) is 0 Å². The van der Waals surface area contributed by atoms with E-state index in [4.69, 9.17) is 4.74 Å². The number of hydrogen-bond acceptors (Lipinski definition) is 3. The number of benzene rings is 1. The summed E-state index contributed by atoms with van der Waals surface area (Å²) in [6, 6.07) is 6.96. The Morgan fingerprint density at radius 1 is 1.11 bits per heavy atom. The first-order valence-corrected chi connectivity index (χ1v) is 6.28. The maximum Gasteiger partial charge on any atom is 0.251 e. The lowest BCUT2D eigenvalue weighted by Gasteiger charge is -2.10. The molecule has 0 saturated carbocycles. The average Bonchev–Trinajstić information content (AvgIpc) is 2.34. The van der Waals surface area contributed by atoms with Gasteiger partial charge in [0, 0.05) is 25.6 Å². The highest BCUT2D eigenvalue weighted by molar-refractivity contribution is 5.94. The van der Waals surface area contributed by atoms with Crippen LogP contribution in [0, 0.1) is 0 Å². The summed E-state index contributed by atoms with van der Waals surface area (Å²) in [5.74, 6) is 0.468. The number of nitrogens with one attached hydrogen (secondary N) is 2. The molecule has 0 aliphatic rings. The van der Waals surface area contributed by atoms with E-state index in [9.17, 15) is 9.59 Å². The Bertz CT molecular complexity index is 427. The molecule has 0 aliphatic heterocycles. The van der Waals surface area contributed by atoms with Gasteiger partial charge in [0.15, 0.2) is 0 Å². The van der Waals surface area contributed by atoms with E-state index in [1.54, 1.807) is 24.3 Å². The predicted octanol–water partition coefficient (Wildman–Crippen LogP) is 1.34. The maximum absolute atomic E-state index is 11.8. The summed E-state index contributed by atoms with van der Waals surface area (Å²) < 4.78 is 5.49. The molecule has 5 heteroatoms. The van der Waals surface area contributed by atoms with Crippen LogP contribution in [0.15, 0.2) is 24.3 Å². The second-order valence-corrected chi connectivity index (χ2v) is 4.43. The van der Waals surface area contributed by atoms with Crippen LogP contribution in [0.3, 0.4) is 0 Å². The summed E-state index contributed by atoms with van der Waals surface area (Å²) in [7, 11) is 0. The normalized spacial score (nSPS) is 10.1. The molecule has 2 N–H and O–H groups in total. The molecule has 0 radical (unpaired) electrons. The van der Waals surface area contributed by atoms with Crippen LogP contribution in [0.5, 0.6) is 5.75 Å². The molecule has 104 valence electrons. The van der Waals surface area contributed by atoms with Gasteiger partial charge in [0.25, 0.3) is 5.91 Å². The SMILES string of the molecule is CC(=O)NCCNC(=O)c1ccc(OC(C)C)cc1. The van der Waals surface area contributed by atoms with Crippen molar-refractivity contribution in [2.75, 3.05) is 13.1 Å². The third kappa shape index (κ3) is 5.90. The number of rotatable bonds is 6. The van der Waals surface area contributed by atoms with Gasteiger partial charge in [-0.2, -0.15) is 0 Å². The summed E-state index contributed by atoms with van der Waals surface area (Å²) in [6.07, 6.45) is 0.109. The Morgan fingerprint density at radius 2 is 1.68 bits per heavy atom. The van der Waals surface area contributed by atoms with Gasteiger partial charge >= 0.3 is 0 Å². The van der Waals surface area contributed by atoms with E-state index >= 15 is 0 Å². The van der Waals surface area contributed by atoms with Gasteiger partial charge < -0.3 is 15.4 Å². The summed E-state index contributed by atoms with van der Waals surface area (Å²) >= 11 is 0. The van der Waals surface area contributed by atoms with Crippen molar-refractivity contribution in [3.8, 4) is 5.75 Å². The molecule has 0 fully saturated rings. The van der Waals surface area contributed by atoms with E-state index in [2.05, 4.69) is 10.6 Å². The van der Waals surface area contributed by atoms with Gasteiger partial charge in [-0.3, -0.25) is 9.59 Å². The Kier molecular flexibility index (Phi) is 5.85. The first kappa shape index (κ1) is 15.0. The third-order valence-corrected chi connectivity index (χ3v) is 2.27. The lowest BCUT2D eigenvalue weighted by atomic mass is 10.2. The van der Waals surface area contributed by atoms with Crippen LogP contribution in [0.1, 0.15) is 31.1 Å². The molecule has 1 aromatic rings. The number of ether oxygens (including phenoxy) is 1. The fourth-order valence-corrected chi connectivity index (χ4v) is 1.47. The van der Waals surface area contributed by atoms with E-state index in [-0.39, 0.29) is 17.9 Å². The molecule has 0 spiro atoms. The minimum absolute atomic E-state index is 0.107. The van der Waals surface area contributed by atoms with Gasteiger partial charge in [0.2, 0.25) is 5.91 Å². The Balaban J connectivity index is 2.42. The fourth-order valence-electron chi connectivity index (χ4n) is 1.47. The maximum atomic E-state index is 11.8. The Labute approximate surface area is 113 Å². The zero-order valence-corrected chi connectivity index (χ0v) is 11.5. The van der Waals surface area contributed by atoms with Crippen molar-refractivity contribution in [3.05, 3.63) is 29.8 Å². The second-order valence-electron chi connectivity index (χ2n) is 4.43. The molecule has 1 rings (SSSR count). The zero-order chi connectivity index (χ0) is 14.3. The lowest BCUT2D eigenvalue weighted by molar-refractivity contribution is -0.118. The molecule has 0 atom stereocenters. The first-order valence-electron chi connectivity index (χ1n) is 6.28. The minimum atomic E-state index is -0.165. The van der Waals surface area contributed by atoms with Gasteiger partial charge in [-0.15, -0.1) is 0 Å². The van der Waals surface area contributed by atoms with E-state index in [1.165, 1.54) is 6.92 Å². The van der Waals surface area contributed by atoms with E-state index in [0.717, 1.165) is 5.75 Å². The van der Waals surface area contributed by atoms with Crippen molar-refractivity contribution in [3.63, 3.8) is 0 Å². The highest BCUT2D eigenvalue weighted by Crippen LogP contribution is 2.13. The molecule has 0 bridgehead atoms. The molecule has 0 unspecified atom stereocenters. The van der Waals surface area contributed by atoms with Gasteiger partial charge in [-0.1, -0.05) is 0 Å². The molecule has 5 nitrogen and oxygen atoms in total. The Morgan fingerprint density at radius 3 is 2.21 bits per heavy atom. The van der Waals surface area contributed by atoms with E-state index in [0.29, 0.717) is 18.7 Å². The van der Waals surface area contributed by atoms with Crippen LogP contribution in [0.4, 0.5) is 0 Å². The van der Waals surface area contributed by atoms with Gasteiger partial charge in [0.1, 0.15) is 5.75 Å². The highest BCUT2D eigenvalue weighted by atomic mass is 16.5. The summed E-state index contributed by atoms with van der Waals surface area (Å²) in [5, 5.41) is 5.33. The molecule has 0 aromatic heterocycles. The molecule has 1 aromatic carbocycles. The standard InChI is InChI=1S/C14H20N2O3/c1-10(2)19-13-6-4-12(5-7-13)14(18)16-9-8-15-11(3)17/h4-7,10H,8-9H2,1-3H3,(H,15,17)(H,16,18). The number of amides is 2. The second kappa shape index (κ2) is 7.41. The van der Waals surface area contributed by atoms with E-state index in [1.807, 2.05) is 13.8 Å². The van der Waals surface area contributed by atoms with Crippen LogP contribution in [0.2, 0.25) is 0 Å². The molecule has 0 saturated heterocycles. The molecule has 2 amide bonds. The Hall–Kier alpha value is -2.04. The average molecular weight is 264 g/mol. The van der Waals surface area contributed by atoms with Crippen molar-refractivity contribution < 1.29 is 14.3 Å². The molecule has 0 aliphatic carbocycles. The summed E-state index contributed by atoms with van der Waals surface area (Å²) in [5.41, 5.74) is 0.568. The van der Waals surface area contributed by atoms with Crippen LogP contribution < -0.4 is 15.4 Å². The van der Waals surface area contributed by atoms with Crippen LogP contribution in [-0.2, 0) is 4.79 Å². The topological polar surface area (TPSA) is 67.4 Å². The highest BCUT2D eigenvalue weighted by Gasteiger charge is 2.05. The van der Waals surface area contributed by atoms with E-state index < -0.39 is 0 Å². The van der Waals surface area contributed by atoms with Crippen molar-refractivity contribution in [2.45, 2.75) is 26.9 Å². The quantitative estimate of drug-likeness (QED) is 0.762. The molecular weight excluding hydrogens is 244 g/mol. The molecular formula is C14H20N2O3. The fraction of sp³-hybridized carbons (Fsp3) is 0.429. The lowest BCUT2D eigenvalue weighted by Crippen LogP contribution is -2.33. The predicted molar refractivity (Wildman–Crippen MR) is 73.2 cm³/mol. The van der Waals surface area contributed by atoms with Gasteiger partial charge in [-0.25, -0.2) is 0 Å². The summed E-state index contributed by atoms with van der Waals surface area (Å²) in [4.78, 5) is 22.4.